The van der Waals surface area contributed by atoms with Crippen molar-refractivity contribution in [3.8, 4) is 0 Å². The Balaban J connectivity index is 2.16. The monoisotopic (exact) mass is 234 g/mol. The molecule has 2 heterocycles. The smallest absolute Gasteiger partial charge is 0.224 e. The van der Waals surface area contributed by atoms with Crippen LogP contribution in [0.25, 0.3) is 0 Å². The van der Waals surface area contributed by atoms with Crippen LogP contribution in [0.5, 0.6) is 0 Å². The van der Waals surface area contributed by atoms with E-state index in [2.05, 4.69) is 34.0 Å². The molecule has 0 spiro atoms. The predicted molar refractivity (Wildman–Crippen MR) is 71.5 cm³/mol. The van der Waals surface area contributed by atoms with Gasteiger partial charge in [-0.15, -0.1) is 0 Å². The van der Waals surface area contributed by atoms with E-state index in [1.165, 1.54) is 25.7 Å². The van der Waals surface area contributed by atoms with Crippen LogP contribution in [0.4, 0.5) is 11.8 Å². The Bertz CT molecular complexity index is 353. The summed E-state index contributed by atoms with van der Waals surface area (Å²) < 4.78 is 0. The molecule has 0 aliphatic carbocycles. The van der Waals surface area contributed by atoms with Gasteiger partial charge in [-0.25, -0.2) is 4.98 Å². The maximum Gasteiger partial charge on any atom is 0.224 e. The lowest BCUT2D eigenvalue weighted by atomic mass is 10.0. The van der Waals surface area contributed by atoms with Crippen LogP contribution < -0.4 is 10.2 Å². The molecule has 1 aromatic heterocycles. The molecule has 4 nitrogen and oxygen atoms in total. The van der Waals surface area contributed by atoms with Gasteiger partial charge in [0.05, 0.1) is 0 Å². The standard InChI is InChI=1S/C13H22N4/c1-3-11-7-5-6-10-17(11)12-8-9-15-13(16-12)14-4-2/h8-9,11H,3-7,10H2,1-2H3,(H,14,15,16). The van der Waals surface area contributed by atoms with Gasteiger partial charge in [-0.1, -0.05) is 6.92 Å². The molecular formula is C13H22N4. The van der Waals surface area contributed by atoms with E-state index < -0.39 is 0 Å². The SMILES string of the molecule is CCNc1nccc(N2CCCCC2CC)n1. The van der Waals surface area contributed by atoms with Crippen molar-refractivity contribution in [1.29, 1.82) is 0 Å². The van der Waals surface area contributed by atoms with E-state index in [-0.39, 0.29) is 0 Å². The summed E-state index contributed by atoms with van der Waals surface area (Å²) in [5, 5.41) is 3.17. The second-order valence-electron chi connectivity index (χ2n) is 4.52. The number of aromatic nitrogens is 2. The average molecular weight is 234 g/mol. The van der Waals surface area contributed by atoms with Crippen LogP contribution in [0.2, 0.25) is 0 Å². The lowest BCUT2D eigenvalue weighted by molar-refractivity contribution is 0.447. The van der Waals surface area contributed by atoms with Crippen LogP contribution in [0, 0.1) is 0 Å². The lowest BCUT2D eigenvalue weighted by Gasteiger charge is -2.36. The molecule has 17 heavy (non-hydrogen) atoms. The van der Waals surface area contributed by atoms with Crippen molar-refractivity contribution in [3.05, 3.63) is 12.3 Å². The van der Waals surface area contributed by atoms with Gasteiger partial charge >= 0.3 is 0 Å². The second kappa shape index (κ2) is 5.84. The fourth-order valence-corrected chi connectivity index (χ4v) is 2.48. The van der Waals surface area contributed by atoms with Crippen LogP contribution in [0.15, 0.2) is 12.3 Å². The molecule has 1 aromatic rings. The summed E-state index contributed by atoms with van der Waals surface area (Å²) in [4.78, 5) is 11.3. The predicted octanol–water partition coefficient (Wildman–Crippen LogP) is 2.68. The van der Waals surface area contributed by atoms with Crippen LogP contribution in [-0.4, -0.2) is 29.1 Å². The summed E-state index contributed by atoms with van der Waals surface area (Å²) in [5.41, 5.74) is 0. The van der Waals surface area contributed by atoms with Crippen molar-refractivity contribution in [3.63, 3.8) is 0 Å². The van der Waals surface area contributed by atoms with E-state index >= 15 is 0 Å². The highest BCUT2D eigenvalue weighted by atomic mass is 15.2. The minimum Gasteiger partial charge on any atom is -0.354 e. The van der Waals surface area contributed by atoms with Gasteiger partial charge in [-0.3, -0.25) is 0 Å². The van der Waals surface area contributed by atoms with Crippen molar-refractivity contribution in [2.24, 2.45) is 0 Å². The summed E-state index contributed by atoms with van der Waals surface area (Å²) in [6.45, 7) is 6.31. The quantitative estimate of drug-likeness (QED) is 0.869. The molecule has 4 heteroatoms. The summed E-state index contributed by atoms with van der Waals surface area (Å²) in [7, 11) is 0. The van der Waals surface area contributed by atoms with Crippen LogP contribution in [0.3, 0.4) is 0 Å². The molecule has 1 aliphatic rings. The van der Waals surface area contributed by atoms with Crippen LogP contribution in [0.1, 0.15) is 39.5 Å². The fourth-order valence-electron chi connectivity index (χ4n) is 2.48. The zero-order valence-electron chi connectivity index (χ0n) is 10.8. The van der Waals surface area contributed by atoms with Crippen molar-refractivity contribution in [2.45, 2.75) is 45.6 Å². The zero-order chi connectivity index (χ0) is 12.1. The minimum absolute atomic E-state index is 0.646. The summed E-state index contributed by atoms with van der Waals surface area (Å²) in [5.74, 6) is 1.81. The van der Waals surface area contributed by atoms with E-state index in [1.807, 2.05) is 12.3 Å². The third-order valence-corrected chi connectivity index (χ3v) is 3.37. The normalized spacial score (nSPS) is 20.4. The molecule has 0 amide bonds. The molecule has 0 saturated carbocycles. The number of nitrogens with one attached hydrogen (secondary N) is 1. The average Bonchev–Trinajstić information content (AvgIpc) is 2.39. The Morgan fingerprint density at radius 2 is 2.29 bits per heavy atom. The summed E-state index contributed by atoms with van der Waals surface area (Å²) >= 11 is 0. The Hall–Kier alpha value is -1.32. The van der Waals surface area contributed by atoms with Crippen molar-refractivity contribution in [2.75, 3.05) is 23.3 Å². The molecule has 0 radical (unpaired) electrons. The van der Waals surface area contributed by atoms with Gasteiger partial charge in [0.25, 0.3) is 0 Å². The molecule has 0 bridgehead atoms. The Kier molecular flexibility index (Phi) is 4.18. The zero-order valence-corrected chi connectivity index (χ0v) is 10.8. The topological polar surface area (TPSA) is 41.1 Å². The number of piperidine rings is 1. The number of hydrogen-bond acceptors (Lipinski definition) is 4. The fraction of sp³-hybridized carbons (Fsp3) is 0.692. The molecule has 1 atom stereocenters. The maximum atomic E-state index is 4.59. The number of nitrogens with zero attached hydrogens (tertiary/aromatic N) is 3. The van der Waals surface area contributed by atoms with Crippen LogP contribution >= 0.6 is 0 Å². The summed E-state index contributed by atoms with van der Waals surface area (Å²) in [6, 6.07) is 2.67. The highest BCUT2D eigenvalue weighted by molar-refractivity contribution is 5.43. The van der Waals surface area contributed by atoms with Crippen LogP contribution in [-0.2, 0) is 0 Å². The molecule has 0 aromatic carbocycles. The maximum absolute atomic E-state index is 4.59. The van der Waals surface area contributed by atoms with Gasteiger partial charge in [0.15, 0.2) is 0 Å². The third-order valence-electron chi connectivity index (χ3n) is 3.37. The first-order valence-electron chi connectivity index (χ1n) is 6.68. The van der Waals surface area contributed by atoms with Crippen molar-refractivity contribution < 1.29 is 0 Å². The first-order chi connectivity index (χ1) is 8.35. The second-order valence-corrected chi connectivity index (χ2v) is 4.52. The number of rotatable bonds is 4. The lowest BCUT2D eigenvalue weighted by Crippen LogP contribution is -2.39. The molecule has 1 fully saturated rings. The highest BCUT2D eigenvalue weighted by Crippen LogP contribution is 2.25. The molecule has 1 aliphatic heterocycles. The molecule has 1 N–H and O–H groups in total. The molecular weight excluding hydrogens is 212 g/mol. The van der Waals surface area contributed by atoms with E-state index in [4.69, 9.17) is 0 Å². The first-order valence-corrected chi connectivity index (χ1v) is 6.68. The summed E-state index contributed by atoms with van der Waals surface area (Å²) in [6.07, 6.45) is 6.95. The molecule has 94 valence electrons. The van der Waals surface area contributed by atoms with Crippen molar-refractivity contribution >= 4 is 11.8 Å². The van der Waals surface area contributed by atoms with Gasteiger partial charge in [0, 0.05) is 25.3 Å². The largest absolute Gasteiger partial charge is 0.354 e. The van der Waals surface area contributed by atoms with E-state index in [0.29, 0.717) is 6.04 Å². The Morgan fingerprint density at radius 1 is 1.41 bits per heavy atom. The third kappa shape index (κ3) is 2.87. The molecule has 1 unspecified atom stereocenters. The molecule has 2 rings (SSSR count). The van der Waals surface area contributed by atoms with Gasteiger partial charge in [0.2, 0.25) is 5.95 Å². The highest BCUT2D eigenvalue weighted by Gasteiger charge is 2.22. The minimum atomic E-state index is 0.646. The van der Waals surface area contributed by atoms with Gasteiger partial charge in [0.1, 0.15) is 5.82 Å². The number of anilines is 2. The van der Waals surface area contributed by atoms with Crippen molar-refractivity contribution in [1.82, 2.24) is 9.97 Å². The molecule has 1 saturated heterocycles. The van der Waals surface area contributed by atoms with Gasteiger partial charge < -0.3 is 10.2 Å². The van der Waals surface area contributed by atoms with Gasteiger partial charge in [-0.05, 0) is 38.7 Å². The Morgan fingerprint density at radius 3 is 3.06 bits per heavy atom. The Labute approximate surface area is 103 Å². The van der Waals surface area contributed by atoms with Gasteiger partial charge in [-0.2, -0.15) is 4.98 Å². The van der Waals surface area contributed by atoms with E-state index in [1.54, 1.807) is 0 Å². The van der Waals surface area contributed by atoms with E-state index in [9.17, 15) is 0 Å². The first kappa shape index (κ1) is 12.1. The number of hydrogen-bond donors (Lipinski definition) is 1. The van der Waals surface area contributed by atoms with E-state index in [0.717, 1.165) is 24.9 Å².